The van der Waals surface area contributed by atoms with Gasteiger partial charge in [-0.1, -0.05) is 32.0 Å². The van der Waals surface area contributed by atoms with Crippen LogP contribution < -0.4 is 5.32 Å². The zero-order chi connectivity index (χ0) is 15.1. The number of amides is 2. The molecule has 0 saturated heterocycles. The number of rotatable bonds is 6. The summed E-state index contributed by atoms with van der Waals surface area (Å²) in [6.45, 7) is 5.18. The predicted molar refractivity (Wildman–Crippen MR) is 78.0 cm³/mol. The molecule has 5 nitrogen and oxygen atoms in total. The number of carbonyl (C=O) groups excluding carboxylic acids is 1. The van der Waals surface area contributed by atoms with Crippen molar-refractivity contribution in [3.8, 4) is 0 Å². The summed E-state index contributed by atoms with van der Waals surface area (Å²) in [6, 6.07) is 6.73. The van der Waals surface area contributed by atoms with Crippen LogP contribution in [0.25, 0.3) is 0 Å². The molecule has 0 atom stereocenters. The fourth-order valence-electron chi connectivity index (χ4n) is 1.76. The van der Waals surface area contributed by atoms with Gasteiger partial charge in [-0.2, -0.15) is 0 Å². The van der Waals surface area contributed by atoms with Crippen LogP contribution in [0.4, 0.5) is 4.79 Å². The minimum absolute atomic E-state index is 0.133. The largest absolute Gasteiger partial charge is 0.478 e. The molecular formula is C15H22N2O3. The van der Waals surface area contributed by atoms with E-state index in [1.165, 1.54) is 0 Å². The fourth-order valence-corrected chi connectivity index (χ4v) is 1.76. The lowest BCUT2D eigenvalue weighted by molar-refractivity contribution is 0.0695. The molecule has 0 aromatic heterocycles. The van der Waals surface area contributed by atoms with E-state index in [0.717, 1.165) is 5.56 Å². The lowest BCUT2D eigenvalue weighted by atomic mass is 10.0. The van der Waals surface area contributed by atoms with Crippen molar-refractivity contribution in [2.45, 2.75) is 20.3 Å². The van der Waals surface area contributed by atoms with Crippen molar-refractivity contribution in [1.29, 1.82) is 0 Å². The van der Waals surface area contributed by atoms with Gasteiger partial charge in [-0.25, -0.2) is 9.59 Å². The Morgan fingerprint density at radius 1 is 1.30 bits per heavy atom. The highest BCUT2D eigenvalue weighted by atomic mass is 16.4. The maximum absolute atomic E-state index is 11.8. The van der Waals surface area contributed by atoms with Crippen LogP contribution in [0.5, 0.6) is 0 Å². The molecule has 2 amide bonds. The number of aromatic carboxylic acids is 1. The summed E-state index contributed by atoms with van der Waals surface area (Å²) in [5.74, 6) is -0.535. The molecule has 5 heteroatoms. The van der Waals surface area contributed by atoms with Gasteiger partial charge in [0.05, 0.1) is 5.56 Å². The Hall–Kier alpha value is -2.04. The highest BCUT2D eigenvalue weighted by molar-refractivity contribution is 5.89. The highest BCUT2D eigenvalue weighted by Crippen LogP contribution is 2.10. The van der Waals surface area contributed by atoms with E-state index in [2.05, 4.69) is 5.32 Å². The first-order chi connectivity index (χ1) is 9.41. The van der Waals surface area contributed by atoms with Crippen molar-refractivity contribution < 1.29 is 14.7 Å². The van der Waals surface area contributed by atoms with Gasteiger partial charge in [-0.05, 0) is 24.0 Å². The number of carbonyl (C=O) groups is 2. The molecule has 1 aromatic rings. The topological polar surface area (TPSA) is 69.6 Å². The molecule has 20 heavy (non-hydrogen) atoms. The van der Waals surface area contributed by atoms with E-state index in [0.29, 0.717) is 31.0 Å². The molecule has 0 fully saturated rings. The normalized spacial score (nSPS) is 10.4. The van der Waals surface area contributed by atoms with Gasteiger partial charge in [0.1, 0.15) is 0 Å². The number of hydrogen-bond acceptors (Lipinski definition) is 2. The van der Waals surface area contributed by atoms with E-state index >= 15 is 0 Å². The highest BCUT2D eigenvalue weighted by Gasteiger charge is 2.12. The molecule has 0 radical (unpaired) electrons. The van der Waals surface area contributed by atoms with Crippen molar-refractivity contribution in [3.05, 3.63) is 35.4 Å². The first-order valence-electron chi connectivity index (χ1n) is 6.72. The van der Waals surface area contributed by atoms with Crippen LogP contribution >= 0.6 is 0 Å². The number of nitrogens with one attached hydrogen (secondary N) is 1. The van der Waals surface area contributed by atoms with Crippen molar-refractivity contribution in [2.75, 3.05) is 20.1 Å². The monoisotopic (exact) mass is 278 g/mol. The summed E-state index contributed by atoms with van der Waals surface area (Å²) in [6.07, 6.45) is 0.522. The lowest BCUT2D eigenvalue weighted by Crippen LogP contribution is -2.39. The Labute approximate surface area is 119 Å². The average Bonchev–Trinajstić information content (AvgIpc) is 2.42. The predicted octanol–water partition coefficient (Wildman–Crippen LogP) is 2.22. The molecule has 0 heterocycles. The molecule has 110 valence electrons. The molecule has 2 N–H and O–H groups in total. The van der Waals surface area contributed by atoms with E-state index in [-0.39, 0.29) is 6.03 Å². The van der Waals surface area contributed by atoms with Crippen LogP contribution in [0, 0.1) is 5.92 Å². The molecule has 1 rings (SSSR count). The summed E-state index contributed by atoms with van der Waals surface area (Å²) in [7, 11) is 1.71. The minimum atomic E-state index is -0.937. The summed E-state index contributed by atoms with van der Waals surface area (Å²) in [5, 5.41) is 11.9. The van der Waals surface area contributed by atoms with E-state index in [1.807, 2.05) is 13.8 Å². The Morgan fingerprint density at radius 3 is 2.55 bits per heavy atom. The minimum Gasteiger partial charge on any atom is -0.478 e. The standard InChI is InChI=1S/C15H22N2O3/c1-11(2)10-16-15(20)17(3)9-8-12-6-4-5-7-13(12)14(18)19/h4-7,11H,8-10H2,1-3H3,(H,16,20)(H,18,19). The number of nitrogens with zero attached hydrogens (tertiary/aromatic N) is 1. The molecule has 0 aliphatic rings. The maximum atomic E-state index is 11.8. The number of hydrogen-bond donors (Lipinski definition) is 2. The molecule has 1 aromatic carbocycles. The van der Waals surface area contributed by atoms with E-state index in [1.54, 1.807) is 36.2 Å². The van der Waals surface area contributed by atoms with Gasteiger partial charge in [0, 0.05) is 20.1 Å². The smallest absolute Gasteiger partial charge is 0.335 e. The number of likely N-dealkylation sites (N-methyl/N-ethyl adjacent to an activating group) is 1. The van der Waals surface area contributed by atoms with E-state index < -0.39 is 5.97 Å². The van der Waals surface area contributed by atoms with E-state index in [9.17, 15) is 9.59 Å². The number of urea groups is 1. The summed E-state index contributed by atoms with van der Waals surface area (Å²) >= 11 is 0. The second-order valence-electron chi connectivity index (χ2n) is 5.21. The second-order valence-corrected chi connectivity index (χ2v) is 5.21. The van der Waals surface area contributed by atoms with E-state index in [4.69, 9.17) is 5.11 Å². The number of carboxylic acids is 1. The second kappa shape index (κ2) is 7.53. The molecule has 0 spiro atoms. The number of benzene rings is 1. The zero-order valence-electron chi connectivity index (χ0n) is 12.2. The van der Waals surface area contributed by atoms with Gasteiger partial charge in [0.15, 0.2) is 0 Å². The fraction of sp³-hybridized carbons (Fsp3) is 0.467. The molecule has 0 aliphatic heterocycles. The van der Waals surface area contributed by atoms with Crippen molar-refractivity contribution in [2.24, 2.45) is 5.92 Å². The van der Waals surface area contributed by atoms with Crippen LogP contribution in [0.1, 0.15) is 29.8 Å². The summed E-state index contributed by atoms with van der Waals surface area (Å²) < 4.78 is 0. The molecule has 0 saturated carbocycles. The lowest BCUT2D eigenvalue weighted by Gasteiger charge is -2.19. The average molecular weight is 278 g/mol. The first kappa shape index (κ1) is 16.0. The van der Waals surface area contributed by atoms with Gasteiger partial charge in [-0.15, -0.1) is 0 Å². The SMILES string of the molecule is CC(C)CNC(=O)N(C)CCc1ccccc1C(=O)O. The van der Waals surface area contributed by atoms with Crippen LogP contribution in [0.3, 0.4) is 0 Å². The Balaban J connectivity index is 2.54. The molecular weight excluding hydrogens is 256 g/mol. The zero-order valence-corrected chi connectivity index (χ0v) is 12.2. The van der Waals surface area contributed by atoms with Crippen molar-refractivity contribution >= 4 is 12.0 Å². The van der Waals surface area contributed by atoms with Gasteiger partial charge in [0.2, 0.25) is 0 Å². The van der Waals surface area contributed by atoms with Crippen LogP contribution in [-0.4, -0.2) is 42.1 Å². The number of carboxylic acid groups (broad SMARTS) is 1. The van der Waals surface area contributed by atoms with Gasteiger partial charge < -0.3 is 15.3 Å². The summed E-state index contributed by atoms with van der Waals surface area (Å²) in [5.41, 5.74) is 1.03. The molecule has 0 bridgehead atoms. The van der Waals surface area contributed by atoms with Crippen LogP contribution in [0.15, 0.2) is 24.3 Å². The molecule has 0 aliphatic carbocycles. The Morgan fingerprint density at radius 2 is 1.95 bits per heavy atom. The third-order valence-corrected chi connectivity index (χ3v) is 2.97. The Kier molecular flexibility index (Phi) is 6.03. The third-order valence-electron chi connectivity index (χ3n) is 2.97. The Bertz CT molecular complexity index is 472. The van der Waals surface area contributed by atoms with Gasteiger partial charge in [-0.3, -0.25) is 0 Å². The van der Waals surface area contributed by atoms with Crippen LogP contribution in [-0.2, 0) is 6.42 Å². The maximum Gasteiger partial charge on any atom is 0.335 e. The molecule has 0 unspecified atom stereocenters. The van der Waals surface area contributed by atoms with Gasteiger partial charge in [0.25, 0.3) is 0 Å². The van der Waals surface area contributed by atoms with Crippen LogP contribution in [0.2, 0.25) is 0 Å². The van der Waals surface area contributed by atoms with Gasteiger partial charge >= 0.3 is 12.0 Å². The summed E-state index contributed by atoms with van der Waals surface area (Å²) in [4.78, 5) is 24.4. The van der Waals surface area contributed by atoms with Crippen molar-refractivity contribution in [3.63, 3.8) is 0 Å². The first-order valence-corrected chi connectivity index (χ1v) is 6.72. The van der Waals surface area contributed by atoms with Crippen molar-refractivity contribution in [1.82, 2.24) is 10.2 Å². The third kappa shape index (κ3) is 4.91. The quantitative estimate of drug-likeness (QED) is 0.838.